The molecule has 0 aliphatic carbocycles. The number of carboxylic acids is 1. The highest BCUT2D eigenvalue weighted by molar-refractivity contribution is 5.74. The second kappa shape index (κ2) is 4.10. The number of hydrogen-bond acceptors (Lipinski definition) is 1. The highest BCUT2D eigenvalue weighted by Crippen LogP contribution is 2.24. The van der Waals surface area contributed by atoms with E-state index in [-0.39, 0.29) is 5.92 Å². The van der Waals surface area contributed by atoms with Gasteiger partial charge in [-0.1, -0.05) is 31.2 Å². The fourth-order valence-corrected chi connectivity index (χ4v) is 1.14. The van der Waals surface area contributed by atoms with Crippen LogP contribution in [0.2, 0.25) is 0 Å². The third-order valence-corrected chi connectivity index (χ3v) is 2.07. The summed E-state index contributed by atoms with van der Waals surface area (Å²) < 4.78 is 0. The molecule has 0 aromatic heterocycles. The van der Waals surface area contributed by atoms with E-state index in [0.29, 0.717) is 5.57 Å². The molecular weight excluding hydrogens is 152 g/mol. The van der Waals surface area contributed by atoms with Crippen molar-refractivity contribution in [3.05, 3.63) is 24.3 Å². The Morgan fingerprint density at radius 2 is 1.67 bits per heavy atom. The van der Waals surface area contributed by atoms with Crippen LogP contribution in [0.25, 0.3) is 0 Å². The zero-order valence-corrected chi connectivity index (χ0v) is 7.92. The van der Waals surface area contributed by atoms with Crippen LogP contribution in [0.3, 0.4) is 0 Å². The summed E-state index contributed by atoms with van der Waals surface area (Å²) in [6.07, 6.45) is 0. The van der Waals surface area contributed by atoms with Gasteiger partial charge in [-0.15, -0.1) is 0 Å². The number of carboxylic acid groups (broad SMARTS) is 1. The molecule has 0 aromatic carbocycles. The molecule has 2 heteroatoms. The molecule has 0 saturated heterocycles. The van der Waals surface area contributed by atoms with E-state index in [4.69, 9.17) is 5.11 Å². The Bertz CT molecular complexity index is 202. The Morgan fingerprint density at radius 3 is 1.75 bits per heavy atom. The lowest BCUT2D eigenvalue weighted by Crippen LogP contribution is -2.22. The molecule has 12 heavy (non-hydrogen) atoms. The van der Waals surface area contributed by atoms with Gasteiger partial charge in [0.25, 0.3) is 0 Å². The monoisotopic (exact) mass is 168 g/mol. The van der Waals surface area contributed by atoms with Crippen LogP contribution in [0.5, 0.6) is 0 Å². The average Bonchev–Trinajstić information content (AvgIpc) is 1.85. The second-order valence-corrected chi connectivity index (χ2v) is 3.30. The summed E-state index contributed by atoms with van der Waals surface area (Å²) in [6.45, 7) is 12.8. The van der Waals surface area contributed by atoms with Gasteiger partial charge >= 0.3 is 5.97 Å². The first-order chi connectivity index (χ1) is 5.37. The van der Waals surface area contributed by atoms with Crippen LogP contribution in [0.15, 0.2) is 24.3 Å². The number of rotatable bonds is 4. The van der Waals surface area contributed by atoms with E-state index in [2.05, 4.69) is 13.2 Å². The molecule has 0 bridgehead atoms. The van der Waals surface area contributed by atoms with Crippen molar-refractivity contribution in [1.82, 2.24) is 0 Å². The predicted molar refractivity (Wildman–Crippen MR) is 49.9 cm³/mol. The van der Waals surface area contributed by atoms with Gasteiger partial charge in [0.15, 0.2) is 0 Å². The Morgan fingerprint density at radius 1 is 1.25 bits per heavy atom. The molecule has 0 saturated carbocycles. The zero-order chi connectivity index (χ0) is 9.89. The van der Waals surface area contributed by atoms with E-state index in [1.165, 1.54) is 0 Å². The smallest absolute Gasteiger partial charge is 0.311 e. The highest BCUT2D eigenvalue weighted by Gasteiger charge is 2.25. The third-order valence-electron chi connectivity index (χ3n) is 2.07. The van der Waals surface area contributed by atoms with E-state index in [1.54, 1.807) is 6.92 Å². The number of hydrogen-bond donors (Lipinski definition) is 1. The molecule has 0 aliphatic rings. The Kier molecular flexibility index (Phi) is 3.74. The molecular formula is C10H16O2. The minimum atomic E-state index is -0.821. The average molecular weight is 168 g/mol. The minimum absolute atomic E-state index is 0.0417. The molecule has 0 fully saturated rings. The van der Waals surface area contributed by atoms with Gasteiger partial charge in [0.2, 0.25) is 0 Å². The lowest BCUT2D eigenvalue weighted by atomic mass is 9.84. The second-order valence-electron chi connectivity index (χ2n) is 3.30. The van der Waals surface area contributed by atoms with Crippen LogP contribution < -0.4 is 0 Å². The van der Waals surface area contributed by atoms with Crippen LogP contribution in [0.4, 0.5) is 0 Å². The van der Waals surface area contributed by atoms with E-state index in [0.717, 1.165) is 5.57 Å². The van der Waals surface area contributed by atoms with Gasteiger partial charge in [0.1, 0.15) is 0 Å². The number of allylic oxidation sites excluding steroid dienone is 1. The molecule has 0 spiro atoms. The van der Waals surface area contributed by atoms with Crippen molar-refractivity contribution in [1.29, 1.82) is 0 Å². The van der Waals surface area contributed by atoms with Gasteiger partial charge in [0.05, 0.1) is 5.92 Å². The Balaban J connectivity index is 4.63. The Labute approximate surface area is 73.6 Å². The van der Waals surface area contributed by atoms with Crippen LogP contribution in [-0.4, -0.2) is 11.1 Å². The normalized spacial score (nSPS) is 14.9. The lowest BCUT2D eigenvalue weighted by molar-refractivity contribution is -0.141. The Hall–Kier alpha value is -1.05. The molecule has 0 rings (SSSR count). The molecule has 0 heterocycles. The fraction of sp³-hybridized carbons (Fsp3) is 0.500. The molecule has 0 amide bonds. The maximum absolute atomic E-state index is 10.8. The maximum atomic E-state index is 10.8. The van der Waals surface area contributed by atoms with Crippen molar-refractivity contribution in [3.63, 3.8) is 0 Å². The summed E-state index contributed by atoms with van der Waals surface area (Å²) in [7, 11) is 0. The van der Waals surface area contributed by atoms with Gasteiger partial charge in [0, 0.05) is 0 Å². The molecule has 2 atom stereocenters. The predicted octanol–water partition coefficient (Wildman–Crippen LogP) is 2.48. The largest absolute Gasteiger partial charge is 0.481 e. The maximum Gasteiger partial charge on any atom is 0.311 e. The van der Waals surface area contributed by atoms with Gasteiger partial charge in [-0.25, -0.2) is 0 Å². The van der Waals surface area contributed by atoms with Crippen molar-refractivity contribution in [3.8, 4) is 0 Å². The van der Waals surface area contributed by atoms with Crippen LogP contribution in [-0.2, 0) is 4.79 Å². The first kappa shape index (κ1) is 11.0. The molecule has 2 nitrogen and oxygen atoms in total. The highest BCUT2D eigenvalue weighted by atomic mass is 16.4. The van der Waals surface area contributed by atoms with Gasteiger partial charge in [-0.2, -0.15) is 0 Å². The first-order valence-corrected chi connectivity index (χ1v) is 3.91. The molecule has 68 valence electrons. The fourth-order valence-electron chi connectivity index (χ4n) is 1.14. The first-order valence-electron chi connectivity index (χ1n) is 3.91. The number of carbonyl (C=O) groups is 1. The standard InChI is InChI=1S/C10H16O2/c1-6(2)8(5)9(7(3)4)10(11)12/h8-9H,1,3H2,2,4-5H3,(H,11,12)/t8-,9+/m0/s1. The van der Waals surface area contributed by atoms with Gasteiger partial charge in [-0.05, 0) is 19.8 Å². The zero-order valence-electron chi connectivity index (χ0n) is 7.92. The lowest BCUT2D eigenvalue weighted by Gasteiger charge is -2.20. The van der Waals surface area contributed by atoms with Crippen molar-refractivity contribution >= 4 is 5.97 Å². The molecule has 1 N–H and O–H groups in total. The van der Waals surface area contributed by atoms with E-state index < -0.39 is 11.9 Å². The van der Waals surface area contributed by atoms with Crippen LogP contribution >= 0.6 is 0 Å². The van der Waals surface area contributed by atoms with E-state index >= 15 is 0 Å². The minimum Gasteiger partial charge on any atom is -0.481 e. The summed E-state index contributed by atoms with van der Waals surface area (Å²) in [6, 6.07) is 0. The quantitative estimate of drug-likeness (QED) is 0.655. The SMILES string of the molecule is C=C(C)[C@@H](C(=O)O)[C@@H](C)C(=C)C. The van der Waals surface area contributed by atoms with Crippen LogP contribution in [0.1, 0.15) is 20.8 Å². The summed E-state index contributed by atoms with van der Waals surface area (Å²) >= 11 is 0. The van der Waals surface area contributed by atoms with Crippen molar-refractivity contribution in [2.45, 2.75) is 20.8 Å². The molecule has 0 aromatic rings. The summed E-state index contributed by atoms with van der Waals surface area (Å²) in [5.74, 6) is -1.36. The summed E-state index contributed by atoms with van der Waals surface area (Å²) in [5, 5.41) is 8.86. The van der Waals surface area contributed by atoms with Crippen molar-refractivity contribution in [2.24, 2.45) is 11.8 Å². The molecule has 0 unspecified atom stereocenters. The van der Waals surface area contributed by atoms with Crippen molar-refractivity contribution < 1.29 is 9.90 Å². The van der Waals surface area contributed by atoms with Gasteiger partial charge in [-0.3, -0.25) is 4.79 Å². The molecule has 0 radical (unpaired) electrons. The third kappa shape index (κ3) is 2.53. The summed E-state index contributed by atoms with van der Waals surface area (Å²) in [5.41, 5.74) is 1.56. The van der Waals surface area contributed by atoms with Gasteiger partial charge < -0.3 is 5.11 Å². The molecule has 0 aliphatic heterocycles. The van der Waals surface area contributed by atoms with E-state index in [1.807, 2.05) is 13.8 Å². The topological polar surface area (TPSA) is 37.3 Å². The summed E-state index contributed by atoms with van der Waals surface area (Å²) in [4.78, 5) is 10.8. The van der Waals surface area contributed by atoms with Crippen molar-refractivity contribution in [2.75, 3.05) is 0 Å². The van der Waals surface area contributed by atoms with Crippen LogP contribution in [0, 0.1) is 11.8 Å². The van der Waals surface area contributed by atoms with E-state index in [9.17, 15) is 4.79 Å². The number of aliphatic carboxylic acids is 1.